The van der Waals surface area contributed by atoms with E-state index in [-0.39, 0.29) is 12.5 Å². The summed E-state index contributed by atoms with van der Waals surface area (Å²) in [5, 5.41) is 5.39. The maximum Gasteiger partial charge on any atom is 0.341 e. The van der Waals surface area contributed by atoms with Gasteiger partial charge in [0.1, 0.15) is 23.7 Å². The maximum atomic E-state index is 11.9. The van der Waals surface area contributed by atoms with Crippen LogP contribution < -0.4 is 9.47 Å². The molecule has 29 heavy (non-hydrogen) atoms. The predicted molar refractivity (Wildman–Crippen MR) is 115 cm³/mol. The molecule has 150 valence electrons. The Morgan fingerprint density at radius 3 is 2.72 bits per heavy atom. The van der Waals surface area contributed by atoms with Gasteiger partial charge in [-0.15, -0.1) is 0 Å². The van der Waals surface area contributed by atoms with Crippen molar-refractivity contribution in [1.29, 1.82) is 0 Å². The van der Waals surface area contributed by atoms with Gasteiger partial charge in [-0.05, 0) is 35.9 Å². The van der Waals surface area contributed by atoms with Crippen molar-refractivity contribution in [3.8, 4) is 11.5 Å². The molecule has 1 saturated heterocycles. The third kappa shape index (κ3) is 4.93. The molecule has 3 rings (SSSR count). The zero-order valence-electron chi connectivity index (χ0n) is 15.8. The first-order valence-corrected chi connectivity index (χ1v) is 9.93. The van der Waals surface area contributed by atoms with Crippen LogP contribution >= 0.6 is 24.0 Å². The van der Waals surface area contributed by atoms with Crippen LogP contribution in [0.2, 0.25) is 0 Å². The second kappa shape index (κ2) is 9.53. The second-order valence-electron chi connectivity index (χ2n) is 5.85. The highest BCUT2D eigenvalue weighted by atomic mass is 32.2. The largest absolute Gasteiger partial charge is 0.496 e. The van der Waals surface area contributed by atoms with Crippen LogP contribution in [0.3, 0.4) is 0 Å². The molecule has 7 nitrogen and oxygen atoms in total. The first-order valence-electron chi connectivity index (χ1n) is 8.54. The molecule has 1 amide bonds. The van der Waals surface area contributed by atoms with Crippen molar-refractivity contribution in [2.45, 2.75) is 6.61 Å². The van der Waals surface area contributed by atoms with Gasteiger partial charge in [0.05, 0.1) is 26.2 Å². The van der Waals surface area contributed by atoms with Crippen molar-refractivity contribution in [3.05, 3.63) is 59.2 Å². The molecule has 1 heterocycles. The minimum atomic E-state index is -0.474. The van der Waals surface area contributed by atoms with E-state index in [1.54, 1.807) is 43.7 Å². The van der Waals surface area contributed by atoms with Gasteiger partial charge in [0.2, 0.25) is 0 Å². The molecule has 0 unspecified atom stereocenters. The first-order chi connectivity index (χ1) is 14.0. The normalized spacial score (nSPS) is 13.8. The quantitative estimate of drug-likeness (QED) is 0.379. The van der Waals surface area contributed by atoms with E-state index >= 15 is 0 Å². The summed E-state index contributed by atoms with van der Waals surface area (Å²) in [5.41, 5.74) is 1.84. The van der Waals surface area contributed by atoms with Crippen LogP contribution in [0.15, 0.2) is 47.6 Å². The monoisotopic (exact) mass is 430 g/mol. The number of para-hydroxylation sites is 1. The molecule has 1 fully saturated rings. The molecule has 0 radical (unpaired) electrons. The third-order valence-electron chi connectivity index (χ3n) is 4.03. The minimum absolute atomic E-state index is 0.146. The van der Waals surface area contributed by atoms with Crippen LogP contribution in [0.5, 0.6) is 11.5 Å². The number of hydrogen-bond acceptors (Lipinski definition) is 8. The number of benzene rings is 2. The highest BCUT2D eigenvalue weighted by Gasteiger charge is 2.26. The number of thioether (sulfide) groups is 1. The highest BCUT2D eigenvalue weighted by molar-refractivity contribution is 8.23. The molecule has 2 aromatic rings. The number of ether oxygens (including phenoxy) is 3. The van der Waals surface area contributed by atoms with Crippen LogP contribution in [0.4, 0.5) is 0 Å². The summed E-state index contributed by atoms with van der Waals surface area (Å²) in [6, 6.07) is 12.3. The maximum absolute atomic E-state index is 11.9. The number of hydrazone groups is 1. The average Bonchev–Trinajstić information content (AvgIpc) is 3.07. The lowest BCUT2D eigenvalue weighted by atomic mass is 10.1. The number of thiocarbonyl (C=S) groups is 1. The third-order valence-corrected chi connectivity index (χ3v) is 5.37. The summed E-state index contributed by atoms with van der Waals surface area (Å²) < 4.78 is 16.5. The van der Waals surface area contributed by atoms with E-state index in [4.69, 9.17) is 26.4 Å². The molecule has 2 aromatic carbocycles. The van der Waals surface area contributed by atoms with E-state index < -0.39 is 5.97 Å². The van der Waals surface area contributed by atoms with E-state index in [0.29, 0.717) is 27.1 Å². The molecule has 0 N–H and O–H groups in total. The van der Waals surface area contributed by atoms with E-state index in [0.717, 1.165) is 11.1 Å². The van der Waals surface area contributed by atoms with E-state index in [1.165, 1.54) is 23.9 Å². The van der Waals surface area contributed by atoms with Crippen LogP contribution in [0.25, 0.3) is 0 Å². The minimum Gasteiger partial charge on any atom is -0.496 e. The fourth-order valence-corrected chi connectivity index (χ4v) is 3.57. The van der Waals surface area contributed by atoms with Crippen molar-refractivity contribution in [2.24, 2.45) is 5.10 Å². The molecule has 9 heteroatoms. The number of amides is 1. The van der Waals surface area contributed by atoms with Gasteiger partial charge in [-0.1, -0.05) is 36.1 Å². The first kappa shape index (κ1) is 20.8. The van der Waals surface area contributed by atoms with Gasteiger partial charge in [0, 0.05) is 5.56 Å². The smallest absolute Gasteiger partial charge is 0.341 e. The molecular formula is C20H18N2O5S2. The number of carbonyl (C=O) groups is 2. The van der Waals surface area contributed by atoms with Crippen LogP contribution in [0.1, 0.15) is 21.5 Å². The van der Waals surface area contributed by atoms with Gasteiger partial charge >= 0.3 is 5.97 Å². The molecule has 0 saturated carbocycles. The van der Waals surface area contributed by atoms with Crippen molar-refractivity contribution in [3.63, 3.8) is 0 Å². The van der Waals surface area contributed by atoms with Crippen LogP contribution in [0, 0.1) is 0 Å². The fraction of sp³-hybridized carbons (Fsp3) is 0.200. The Bertz CT molecular complexity index is 961. The summed E-state index contributed by atoms with van der Waals surface area (Å²) in [7, 11) is 2.88. The molecule has 0 aromatic heterocycles. The Morgan fingerprint density at radius 1 is 1.24 bits per heavy atom. The number of hydrogen-bond donors (Lipinski definition) is 0. The summed E-state index contributed by atoms with van der Waals surface area (Å²) in [6.45, 7) is 0.162. The van der Waals surface area contributed by atoms with Crippen molar-refractivity contribution in [2.75, 3.05) is 20.0 Å². The molecular weight excluding hydrogens is 412 g/mol. The Morgan fingerprint density at radius 2 is 2.03 bits per heavy atom. The lowest BCUT2D eigenvalue weighted by molar-refractivity contribution is -0.124. The predicted octanol–water partition coefficient (Wildman–Crippen LogP) is 3.26. The van der Waals surface area contributed by atoms with Gasteiger partial charge in [-0.3, -0.25) is 4.79 Å². The highest BCUT2D eigenvalue weighted by Crippen LogP contribution is 2.25. The Balaban J connectivity index is 1.79. The van der Waals surface area contributed by atoms with E-state index in [2.05, 4.69) is 5.10 Å². The van der Waals surface area contributed by atoms with Crippen LogP contribution in [-0.2, 0) is 16.1 Å². The summed E-state index contributed by atoms with van der Waals surface area (Å²) in [4.78, 5) is 23.7. The van der Waals surface area contributed by atoms with E-state index in [1.807, 2.05) is 12.1 Å². The fourth-order valence-electron chi connectivity index (χ4n) is 2.60. The second-order valence-corrected chi connectivity index (χ2v) is 7.46. The Hall–Kier alpha value is -2.91. The van der Waals surface area contributed by atoms with Crippen molar-refractivity contribution < 1.29 is 23.8 Å². The lowest BCUT2D eigenvalue weighted by Crippen LogP contribution is -2.22. The number of nitrogens with zero attached hydrogens (tertiary/aromatic N) is 2. The Kier molecular flexibility index (Phi) is 6.84. The summed E-state index contributed by atoms with van der Waals surface area (Å²) in [6.07, 6.45) is 1.56. The van der Waals surface area contributed by atoms with Gasteiger partial charge in [-0.2, -0.15) is 10.1 Å². The molecule has 1 aliphatic heterocycles. The lowest BCUT2D eigenvalue weighted by Gasteiger charge is -2.13. The number of methoxy groups -OCH3 is 2. The molecule has 0 spiro atoms. The zero-order valence-corrected chi connectivity index (χ0v) is 17.4. The standard InChI is InChI=1S/C20H18N2O5S2/c1-25-16-8-7-13(10-21-22-18(23)12-29-20(22)28)9-14(16)11-27-17-6-4-3-5-15(17)19(24)26-2/h3-10H,11-12H2,1-2H3/b21-10+. The molecule has 1 aliphatic rings. The van der Waals surface area contributed by atoms with Crippen molar-refractivity contribution in [1.82, 2.24) is 5.01 Å². The van der Waals surface area contributed by atoms with Gasteiger partial charge in [0.25, 0.3) is 5.91 Å². The number of rotatable bonds is 7. The van der Waals surface area contributed by atoms with E-state index in [9.17, 15) is 9.59 Å². The average molecular weight is 431 g/mol. The molecule has 0 atom stereocenters. The number of carbonyl (C=O) groups excluding carboxylic acids is 2. The topological polar surface area (TPSA) is 77.4 Å². The summed E-state index contributed by atoms with van der Waals surface area (Å²) >= 11 is 6.40. The summed E-state index contributed by atoms with van der Waals surface area (Å²) in [5.74, 6) is 0.717. The SMILES string of the molecule is COC(=O)c1ccccc1OCc1cc(/C=N/N2C(=O)CSC2=S)ccc1OC. The number of esters is 1. The van der Waals surface area contributed by atoms with Gasteiger partial charge < -0.3 is 14.2 Å². The van der Waals surface area contributed by atoms with Gasteiger partial charge in [-0.25, -0.2) is 4.79 Å². The zero-order chi connectivity index (χ0) is 20.8. The van der Waals surface area contributed by atoms with Gasteiger partial charge in [0.15, 0.2) is 4.32 Å². The molecule has 0 aliphatic carbocycles. The van der Waals surface area contributed by atoms with Crippen molar-refractivity contribution >= 4 is 46.4 Å². The Labute approximate surface area is 177 Å². The molecule has 0 bridgehead atoms. The van der Waals surface area contributed by atoms with Crippen LogP contribution in [-0.4, -0.2) is 47.4 Å².